The van der Waals surface area contributed by atoms with Gasteiger partial charge in [-0.3, -0.25) is 4.79 Å². The van der Waals surface area contributed by atoms with Gasteiger partial charge in [-0.1, -0.05) is 13.3 Å². The predicted molar refractivity (Wildman–Crippen MR) is 67.0 cm³/mol. The maximum Gasteiger partial charge on any atom is 0.270 e. The lowest BCUT2D eigenvalue weighted by atomic mass is 10.1. The summed E-state index contributed by atoms with van der Waals surface area (Å²) in [5.74, 6) is -0.241. The molecule has 96 valence electrons. The number of hydrogen-bond acceptors (Lipinski definition) is 4. The van der Waals surface area contributed by atoms with Gasteiger partial charge in [0.25, 0.3) is 5.91 Å². The fourth-order valence-corrected chi connectivity index (χ4v) is 1.60. The summed E-state index contributed by atoms with van der Waals surface area (Å²) >= 11 is 0. The SMILES string of the molecule is CCCC(COC)NC(=O)c1ccc(C#N)cn1. The van der Waals surface area contributed by atoms with Crippen molar-refractivity contribution in [2.45, 2.75) is 25.8 Å². The third-order valence-electron chi connectivity index (χ3n) is 2.47. The normalized spacial score (nSPS) is 11.6. The lowest BCUT2D eigenvalue weighted by molar-refractivity contribution is 0.0886. The van der Waals surface area contributed by atoms with E-state index in [9.17, 15) is 4.79 Å². The standard InChI is InChI=1S/C13H17N3O2/c1-3-4-11(9-18-2)16-13(17)12-6-5-10(7-14)8-15-12/h5-6,8,11H,3-4,9H2,1-2H3,(H,16,17). The van der Waals surface area contributed by atoms with Crippen LogP contribution < -0.4 is 5.32 Å². The molecule has 1 atom stereocenters. The van der Waals surface area contributed by atoms with Crippen molar-refractivity contribution in [2.75, 3.05) is 13.7 Å². The monoisotopic (exact) mass is 247 g/mol. The van der Waals surface area contributed by atoms with Crippen molar-refractivity contribution < 1.29 is 9.53 Å². The quantitative estimate of drug-likeness (QED) is 0.826. The van der Waals surface area contributed by atoms with Crippen LogP contribution in [-0.2, 0) is 4.74 Å². The van der Waals surface area contributed by atoms with Crippen LogP contribution >= 0.6 is 0 Å². The zero-order valence-corrected chi connectivity index (χ0v) is 10.6. The summed E-state index contributed by atoms with van der Waals surface area (Å²) < 4.78 is 5.05. The van der Waals surface area contributed by atoms with Crippen LogP contribution in [0.2, 0.25) is 0 Å². The molecular weight excluding hydrogens is 230 g/mol. The van der Waals surface area contributed by atoms with E-state index in [0.717, 1.165) is 12.8 Å². The molecule has 0 saturated carbocycles. The Morgan fingerprint density at radius 1 is 1.61 bits per heavy atom. The maximum atomic E-state index is 11.9. The first-order chi connectivity index (χ1) is 8.71. The van der Waals surface area contributed by atoms with E-state index in [4.69, 9.17) is 10.00 Å². The highest BCUT2D eigenvalue weighted by atomic mass is 16.5. The Labute approximate surface area is 107 Å². The lowest BCUT2D eigenvalue weighted by Gasteiger charge is -2.16. The molecule has 5 heteroatoms. The highest BCUT2D eigenvalue weighted by Crippen LogP contribution is 2.02. The Hall–Kier alpha value is -1.93. The number of hydrogen-bond donors (Lipinski definition) is 1. The molecule has 0 aliphatic rings. The minimum absolute atomic E-state index is 0.00931. The average Bonchev–Trinajstić information content (AvgIpc) is 2.39. The van der Waals surface area contributed by atoms with E-state index in [-0.39, 0.29) is 11.9 Å². The topological polar surface area (TPSA) is 75.0 Å². The van der Waals surface area contributed by atoms with Crippen LogP contribution in [0.15, 0.2) is 18.3 Å². The van der Waals surface area contributed by atoms with Gasteiger partial charge in [0.15, 0.2) is 0 Å². The second kappa shape index (κ2) is 7.41. The van der Waals surface area contributed by atoms with Crippen LogP contribution in [0.25, 0.3) is 0 Å². The minimum Gasteiger partial charge on any atom is -0.383 e. The number of amides is 1. The molecular formula is C13H17N3O2. The summed E-state index contributed by atoms with van der Waals surface area (Å²) in [6.45, 7) is 2.53. The van der Waals surface area contributed by atoms with Crippen molar-refractivity contribution in [1.82, 2.24) is 10.3 Å². The van der Waals surface area contributed by atoms with Crippen molar-refractivity contribution in [3.63, 3.8) is 0 Å². The minimum atomic E-state index is -0.241. The van der Waals surface area contributed by atoms with Gasteiger partial charge in [0.1, 0.15) is 11.8 Å². The number of pyridine rings is 1. The van der Waals surface area contributed by atoms with Crippen LogP contribution in [0.3, 0.4) is 0 Å². The van der Waals surface area contributed by atoms with E-state index in [2.05, 4.69) is 17.2 Å². The van der Waals surface area contributed by atoms with Gasteiger partial charge >= 0.3 is 0 Å². The molecule has 1 aromatic heterocycles. The van der Waals surface area contributed by atoms with Crippen molar-refractivity contribution in [2.24, 2.45) is 0 Å². The summed E-state index contributed by atoms with van der Waals surface area (Å²) in [6, 6.07) is 5.07. The summed E-state index contributed by atoms with van der Waals surface area (Å²) in [6.07, 6.45) is 3.21. The number of nitrogens with zero attached hydrogens (tertiary/aromatic N) is 2. The second-order valence-corrected chi connectivity index (χ2v) is 3.96. The molecule has 1 aromatic rings. The molecule has 1 amide bonds. The number of nitriles is 1. The molecule has 18 heavy (non-hydrogen) atoms. The first-order valence-electron chi connectivity index (χ1n) is 5.87. The van der Waals surface area contributed by atoms with Gasteiger partial charge in [0.2, 0.25) is 0 Å². The molecule has 1 N–H and O–H groups in total. The number of methoxy groups -OCH3 is 1. The molecule has 0 saturated heterocycles. The van der Waals surface area contributed by atoms with Gasteiger partial charge in [0, 0.05) is 13.3 Å². The number of carbonyl (C=O) groups is 1. The number of rotatable bonds is 6. The van der Waals surface area contributed by atoms with Crippen LogP contribution in [0.5, 0.6) is 0 Å². The Kier molecular flexibility index (Phi) is 5.81. The Morgan fingerprint density at radius 2 is 2.39 bits per heavy atom. The van der Waals surface area contributed by atoms with E-state index in [1.54, 1.807) is 19.2 Å². The first kappa shape index (κ1) is 14.1. The Balaban J connectivity index is 2.65. The number of nitrogens with one attached hydrogen (secondary N) is 1. The van der Waals surface area contributed by atoms with Gasteiger partial charge in [-0.25, -0.2) is 4.98 Å². The molecule has 0 radical (unpaired) electrons. The van der Waals surface area contributed by atoms with E-state index in [1.165, 1.54) is 6.20 Å². The van der Waals surface area contributed by atoms with Gasteiger partial charge in [0.05, 0.1) is 18.2 Å². The summed E-state index contributed by atoms with van der Waals surface area (Å²) in [4.78, 5) is 15.8. The average molecular weight is 247 g/mol. The maximum absolute atomic E-state index is 11.9. The van der Waals surface area contributed by atoms with Crippen LogP contribution in [-0.4, -0.2) is 30.6 Å². The fourth-order valence-electron chi connectivity index (χ4n) is 1.60. The Bertz CT molecular complexity index is 417. The highest BCUT2D eigenvalue weighted by molar-refractivity contribution is 5.92. The zero-order chi connectivity index (χ0) is 13.4. The van der Waals surface area contributed by atoms with E-state index < -0.39 is 0 Å². The van der Waals surface area contributed by atoms with Crippen molar-refractivity contribution in [1.29, 1.82) is 5.26 Å². The highest BCUT2D eigenvalue weighted by Gasteiger charge is 2.13. The predicted octanol–water partition coefficient (Wildman–Crippen LogP) is 1.50. The van der Waals surface area contributed by atoms with E-state index >= 15 is 0 Å². The molecule has 0 aromatic carbocycles. The van der Waals surface area contributed by atoms with Crippen molar-refractivity contribution in [3.05, 3.63) is 29.6 Å². The summed E-state index contributed by atoms with van der Waals surface area (Å²) in [7, 11) is 1.61. The fraction of sp³-hybridized carbons (Fsp3) is 0.462. The number of carbonyl (C=O) groups excluding carboxylic acids is 1. The molecule has 1 heterocycles. The second-order valence-electron chi connectivity index (χ2n) is 3.96. The largest absolute Gasteiger partial charge is 0.383 e. The summed E-state index contributed by atoms with van der Waals surface area (Å²) in [5.41, 5.74) is 0.750. The molecule has 0 aliphatic heterocycles. The smallest absolute Gasteiger partial charge is 0.270 e. The lowest BCUT2D eigenvalue weighted by Crippen LogP contribution is -2.38. The van der Waals surface area contributed by atoms with Gasteiger partial charge in [-0.2, -0.15) is 5.26 Å². The molecule has 1 rings (SSSR count). The van der Waals surface area contributed by atoms with Gasteiger partial charge in [-0.05, 0) is 18.6 Å². The third kappa shape index (κ3) is 4.15. The molecule has 0 aliphatic carbocycles. The number of ether oxygens (including phenoxy) is 1. The van der Waals surface area contributed by atoms with Crippen LogP contribution in [0.1, 0.15) is 35.8 Å². The van der Waals surface area contributed by atoms with E-state index in [0.29, 0.717) is 17.9 Å². The molecule has 0 bridgehead atoms. The van der Waals surface area contributed by atoms with Crippen molar-refractivity contribution in [3.8, 4) is 6.07 Å². The summed E-state index contributed by atoms with van der Waals surface area (Å²) in [5, 5.41) is 11.5. The third-order valence-corrected chi connectivity index (χ3v) is 2.47. The zero-order valence-electron chi connectivity index (χ0n) is 10.6. The van der Waals surface area contributed by atoms with Gasteiger partial charge in [-0.15, -0.1) is 0 Å². The molecule has 5 nitrogen and oxygen atoms in total. The molecule has 1 unspecified atom stereocenters. The molecule has 0 spiro atoms. The van der Waals surface area contributed by atoms with Crippen LogP contribution in [0.4, 0.5) is 0 Å². The van der Waals surface area contributed by atoms with Crippen LogP contribution in [0, 0.1) is 11.3 Å². The number of aromatic nitrogens is 1. The van der Waals surface area contributed by atoms with Crippen molar-refractivity contribution >= 4 is 5.91 Å². The molecule has 0 fully saturated rings. The Morgan fingerprint density at radius 3 is 2.89 bits per heavy atom. The van der Waals surface area contributed by atoms with E-state index in [1.807, 2.05) is 6.07 Å². The first-order valence-corrected chi connectivity index (χ1v) is 5.87. The van der Waals surface area contributed by atoms with Gasteiger partial charge < -0.3 is 10.1 Å².